The number of allylic oxidation sites excluding steroid dienone is 1. The number of hydrogen-bond acceptors (Lipinski definition) is 6. The largest absolute Gasteiger partial charge is 0.480 e. The van der Waals surface area contributed by atoms with E-state index in [-0.39, 0.29) is 13.2 Å². The third kappa shape index (κ3) is 26.8. The highest BCUT2D eigenvalue weighted by molar-refractivity contribution is 5.81. The number of aliphatic carboxylic acids is 1. The molecule has 1 unspecified atom stereocenters. The molecule has 0 aromatic heterocycles. The minimum Gasteiger partial charge on any atom is -0.480 e. The van der Waals surface area contributed by atoms with Crippen LogP contribution in [0.3, 0.4) is 0 Å². The van der Waals surface area contributed by atoms with Gasteiger partial charge in [-0.05, 0) is 12.8 Å². The first kappa shape index (κ1) is 28.8. The Morgan fingerprint density at radius 3 is 1.86 bits per heavy atom. The normalized spacial score (nSPS) is 11.7. The lowest BCUT2D eigenvalue weighted by molar-refractivity contribution is -0.141. The molecule has 0 rings (SSSR count). The van der Waals surface area contributed by atoms with Gasteiger partial charge in [-0.3, -0.25) is 4.79 Å². The van der Waals surface area contributed by atoms with Crippen molar-refractivity contribution < 1.29 is 29.6 Å². The predicted molar refractivity (Wildman–Crippen MR) is 111 cm³/mol. The van der Waals surface area contributed by atoms with E-state index in [9.17, 15) is 9.59 Å². The number of hydrogen-bond donors (Lipinski definition) is 4. The number of aliphatic hydroxyl groups excluding tert-OH is 2. The second-order valence-electron chi connectivity index (χ2n) is 6.79. The Morgan fingerprint density at radius 1 is 0.964 bits per heavy atom. The molecule has 0 bridgehead atoms. The Kier molecular flexibility index (Phi) is 24.2. The molecular formula is C21H41NO6. The number of rotatable bonds is 17. The van der Waals surface area contributed by atoms with Crippen molar-refractivity contribution in [3.8, 4) is 0 Å². The van der Waals surface area contributed by atoms with Gasteiger partial charge in [-0.15, -0.1) is 0 Å². The quantitative estimate of drug-likeness (QED) is 0.167. The lowest BCUT2D eigenvalue weighted by atomic mass is 10.1. The molecule has 0 aromatic carbocycles. The van der Waals surface area contributed by atoms with Gasteiger partial charge in [0.1, 0.15) is 12.7 Å². The zero-order chi connectivity index (χ0) is 21.5. The first-order valence-corrected chi connectivity index (χ1v) is 10.5. The van der Waals surface area contributed by atoms with Gasteiger partial charge in [0.05, 0.1) is 13.2 Å². The molecule has 0 heterocycles. The maximum Gasteiger partial charge on any atom is 0.330 e. The van der Waals surface area contributed by atoms with Gasteiger partial charge >= 0.3 is 11.9 Å². The minimum absolute atomic E-state index is 0.155. The molecule has 7 nitrogen and oxygen atoms in total. The zero-order valence-corrected chi connectivity index (χ0v) is 17.5. The molecule has 0 aliphatic carbocycles. The summed E-state index contributed by atoms with van der Waals surface area (Å²) in [5.41, 5.74) is 4.57. The van der Waals surface area contributed by atoms with Gasteiger partial charge in [-0.25, -0.2) is 4.79 Å². The third-order valence-corrected chi connectivity index (χ3v) is 4.03. The van der Waals surface area contributed by atoms with Crippen LogP contribution >= 0.6 is 0 Å². The van der Waals surface area contributed by atoms with Crippen LogP contribution < -0.4 is 5.73 Å². The van der Waals surface area contributed by atoms with E-state index in [1.807, 2.05) is 6.08 Å². The molecule has 0 saturated heterocycles. The van der Waals surface area contributed by atoms with E-state index >= 15 is 0 Å². The van der Waals surface area contributed by atoms with Crippen molar-refractivity contribution in [3.05, 3.63) is 12.2 Å². The fourth-order valence-corrected chi connectivity index (χ4v) is 2.39. The smallest absolute Gasteiger partial charge is 0.330 e. The van der Waals surface area contributed by atoms with E-state index in [0.29, 0.717) is 0 Å². The van der Waals surface area contributed by atoms with Crippen molar-refractivity contribution in [2.75, 3.05) is 19.8 Å². The summed E-state index contributed by atoms with van der Waals surface area (Å²) in [6, 6.07) is 0. The summed E-state index contributed by atoms with van der Waals surface area (Å²) in [7, 11) is 0. The fraction of sp³-hybridized carbons (Fsp3) is 0.810. The summed E-state index contributed by atoms with van der Waals surface area (Å²) in [5, 5.41) is 25.2. The highest BCUT2D eigenvalue weighted by Crippen LogP contribution is 2.12. The Balaban J connectivity index is 0. The Labute approximate surface area is 170 Å². The Hall–Kier alpha value is -1.44. The van der Waals surface area contributed by atoms with Crippen molar-refractivity contribution >= 4 is 11.9 Å². The second kappa shape index (κ2) is 23.6. The summed E-state index contributed by atoms with van der Waals surface area (Å²) in [4.78, 5) is 20.5. The second-order valence-corrected chi connectivity index (χ2v) is 6.79. The zero-order valence-electron chi connectivity index (χ0n) is 17.5. The van der Waals surface area contributed by atoms with Crippen LogP contribution in [0.15, 0.2) is 12.2 Å². The topological polar surface area (TPSA) is 130 Å². The van der Waals surface area contributed by atoms with Crippen molar-refractivity contribution in [2.45, 2.75) is 90.1 Å². The number of ether oxygens (including phenoxy) is 1. The van der Waals surface area contributed by atoms with Crippen LogP contribution in [0.5, 0.6) is 0 Å². The predicted octanol–water partition coefficient (Wildman–Crippen LogP) is 3.17. The monoisotopic (exact) mass is 403 g/mol. The third-order valence-electron chi connectivity index (χ3n) is 4.03. The van der Waals surface area contributed by atoms with Gasteiger partial charge < -0.3 is 25.8 Å². The van der Waals surface area contributed by atoms with Crippen LogP contribution in [0.2, 0.25) is 0 Å². The van der Waals surface area contributed by atoms with Crippen LogP contribution in [-0.2, 0) is 14.3 Å². The molecule has 0 spiro atoms. The molecule has 7 heteroatoms. The van der Waals surface area contributed by atoms with Crippen molar-refractivity contribution in [2.24, 2.45) is 5.73 Å². The molecule has 0 aliphatic rings. The molecule has 28 heavy (non-hydrogen) atoms. The Bertz CT molecular complexity index is 387. The minimum atomic E-state index is -0.987. The molecule has 0 aromatic rings. The number of aliphatic hydroxyl groups is 2. The van der Waals surface area contributed by atoms with E-state index in [1.165, 1.54) is 70.3 Å². The number of carbonyl (C=O) groups is 2. The van der Waals surface area contributed by atoms with Crippen molar-refractivity contribution in [3.63, 3.8) is 0 Å². The van der Waals surface area contributed by atoms with Crippen LogP contribution in [-0.4, -0.2) is 53.1 Å². The number of nitrogens with two attached hydrogens (primary N) is 1. The average Bonchev–Trinajstić information content (AvgIpc) is 2.69. The van der Waals surface area contributed by atoms with Crippen LogP contribution in [0.1, 0.15) is 84.0 Å². The van der Waals surface area contributed by atoms with Gasteiger partial charge in [0.2, 0.25) is 0 Å². The van der Waals surface area contributed by atoms with E-state index < -0.39 is 24.6 Å². The summed E-state index contributed by atoms with van der Waals surface area (Å²) in [5.74, 6) is -1.43. The first-order valence-electron chi connectivity index (χ1n) is 10.5. The number of carboxylic acids is 1. The molecule has 0 saturated carbocycles. The lowest BCUT2D eigenvalue weighted by Crippen LogP contribution is -2.21. The molecule has 1 atom stereocenters. The molecule has 0 fully saturated rings. The number of carbonyl (C=O) groups excluding carboxylic acids is 1. The van der Waals surface area contributed by atoms with Crippen molar-refractivity contribution in [1.82, 2.24) is 0 Å². The maximum atomic E-state index is 11.3. The summed E-state index contributed by atoms with van der Waals surface area (Å²) in [6.07, 6.45) is 17.6. The number of carboxylic acid groups (broad SMARTS) is 1. The van der Waals surface area contributed by atoms with E-state index in [1.54, 1.807) is 0 Å². The summed E-state index contributed by atoms with van der Waals surface area (Å²) < 4.78 is 4.77. The first-order chi connectivity index (χ1) is 13.5. The lowest BCUT2D eigenvalue weighted by Gasteiger charge is -2.06. The standard InChI is InChI=1S/C19H36O4.C2H5NO2/c1-2-3-4-5-6-7-8-9-10-11-12-13-14-15-19(22)23-17-18(21)16-20;3-1-2(4)5/h14-15,18,20-21H,2-13,16-17H2,1H3;1,3H2,(H,4,5)/b15-14+;. The molecule has 0 aliphatic heterocycles. The molecule has 166 valence electrons. The fourth-order valence-electron chi connectivity index (χ4n) is 2.39. The molecule has 5 N–H and O–H groups in total. The molecular weight excluding hydrogens is 362 g/mol. The van der Waals surface area contributed by atoms with Gasteiger partial charge in [0.25, 0.3) is 0 Å². The van der Waals surface area contributed by atoms with Crippen molar-refractivity contribution in [1.29, 1.82) is 0 Å². The van der Waals surface area contributed by atoms with Gasteiger partial charge in [0, 0.05) is 6.08 Å². The van der Waals surface area contributed by atoms with Crippen LogP contribution in [0.25, 0.3) is 0 Å². The number of unbranched alkanes of at least 4 members (excludes halogenated alkanes) is 11. The summed E-state index contributed by atoms with van der Waals surface area (Å²) >= 11 is 0. The SMILES string of the molecule is CCCCCCCCCCCCC/C=C/C(=O)OCC(O)CO.NCC(=O)O. The average molecular weight is 404 g/mol. The van der Waals surface area contributed by atoms with Crippen LogP contribution in [0.4, 0.5) is 0 Å². The highest BCUT2D eigenvalue weighted by atomic mass is 16.5. The van der Waals surface area contributed by atoms with Crippen LogP contribution in [0, 0.1) is 0 Å². The van der Waals surface area contributed by atoms with Gasteiger partial charge in [-0.1, -0.05) is 77.2 Å². The number of esters is 1. The van der Waals surface area contributed by atoms with Gasteiger partial charge in [-0.2, -0.15) is 0 Å². The maximum absolute atomic E-state index is 11.3. The van der Waals surface area contributed by atoms with Gasteiger partial charge in [0.15, 0.2) is 0 Å². The Morgan fingerprint density at radius 2 is 1.43 bits per heavy atom. The molecule has 0 amide bonds. The van der Waals surface area contributed by atoms with E-state index in [0.717, 1.165) is 12.8 Å². The highest BCUT2D eigenvalue weighted by Gasteiger charge is 2.04. The van der Waals surface area contributed by atoms with E-state index in [2.05, 4.69) is 12.7 Å². The molecule has 0 radical (unpaired) electrons. The summed E-state index contributed by atoms with van der Waals surface area (Å²) in [6.45, 7) is 1.42. The van der Waals surface area contributed by atoms with E-state index in [4.69, 9.17) is 20.1 Å².